The van der Waals surface area contributed by atoms with Crippen LogP contribution < -0.4 is 21.5 Å². The Morgan fingerprint density at radius 3 is 2.72 bits per heavy atom. The first kappa shape index (κ1) is 24.0. The minimum Gasteiger partial charge on any atom is -0.365 e. The first-order valence-electron chi connectivity index (χ1n) is 10.4. The van der Waals surface area contributed by atoms with Crippen LogP contribution in [0.5, 0.6) is 0 Å². The van der Waals surface area contributed by atoms with Crippen LogP contribution >= 0.6 is 22.9 Å². The van der Waals surface area contributed by atoms with E-state index in [9.17, 15) is 9.59 Å². The lowest BCUT2D eigenvalue weighted by Crippen LogP contribution is -2.31. The fourth-order valence-electron chi connectivity index (χ4n) is 3.41. The highest BCUT2D eigenvalue weighted by Gasteiger charge is 2.13. The normalized spacial score (nSPS) is 10.9. The number of hydrogen-bond donors (Lipinski definition) is 3. The van der Waals surface area contributed by atoms with Crippen LogP contribution in [0.2, 0.25) is 5.02 Å². The summed E-state index contributed by atoms with van der Waals surface area (Å²) >= 11 is 7.66. The molecule has 3 N–H and O–H groups in total. The van der Waals surface area contributed by atoms with Crippen LogP contribution in [0.15, 0.2) is 40.6 Å². The first-order chi connectivity index (χ1) is 15.4. The Hall–Kier alpha value is -2.68. The van der Waals surface area contributed by atoms with Gasteiger partial charge in [0.15, 0.2) is 5.13 Å². The van der Waals surface area contributed by atoms with Crippen molar-refractivity contribution in [1.29, 1.82) is 0 Å². The molecule has 2 aromatic heterocycles. The van der Waals surface area contributed by atoms with Crippen LogP contribution in [-0.4, -0.2) is 29.6 Å². The van der Waals surface area contributed by atoms with E-state index in [0.717, 1.165) is 27.5 Å². The number of nitrogens with one attached hydrogen (secondary N) is 3. The number of pyridine rings is 1. The number of thiazole rings is 1. The molecule has 0 aliphatic heterocycles. The summed E-state index contributed by atoms with van der Waals surface area (Å²) in [5.74, 6) is -0.198. The molecular formula is C23H28ClN5O2S. The molecule has 0 atom stereocenters. The number of aromatic nitrogens is 2. The molecule has 0 aliphatic carbocycles. The van der Waals surface area contributed by atoms with Crippen LogP contribution in [0.25, 0.3) is 0 Å². The van der Waals surface area contributed by atoms with E-state index in [1.165, 1.54) is 11.3 Å². The van der Waals surface area contributed by atoms with Gasteiger partial charge in [0.25, 0.3) is 5.56 Å². The van der Waals surface area contributed by atoms with Crippen molar-refractivity contribution in [2.75, 3.05) is 19.4 Å². The number of anilines is 1. The van der Waals surface area contributed by atoms with Crippen molar-refractivity contribution in [1.82, 2.24) is 20.2 Å². The van der Waals surface area contributed by atoms with Gasteiger partial charge in [0.1, 0.15) is 0 Å². The van der Waals surface area contributed by atoms with Gasteiger partial charge in [-0.25, -0.2) is 4.98 Å². The summed E-state index contributed by atoms with van der Waals surface area (Å²) in [6.07, 6.45) is 2.46. The van der Waals surface area contributed by atoms with Gasteiger partial charge in [0.05, 0.1) is 12.1 Å². The SMILES string of the molecule is CNCc1ccc(Cl)cc1CNC(=O)Cc1c(C)ccn(CCc2csc(NC)n2)c1=O. The molecule has 0 unspecified atom stereocenters. The van der Waals surface area contributed by atoms with Crippen LogP contribution in [0.3, 0.4) is 0 Å². The molecule has 0 saturated heterocycles. The van der Waals surface area contributed by atoms with Crippen LogP contribution in [0.4, 0.5) is 5.13 Å². The lowest BCUT2D eigenvalue weighted by molar-refractivity contribution is -0.120. The number of hydrogen-bond acceptors (Lipinski definition) is 6. The molecule has 9 heteroatoms. The van der Waals surface area contributed by atoms with Gasteiger partial charge in [0, 0.05) is 55.3 Å². The predicted molar refractivity (Wildman–Crippen MR) is 131 cm³/mol. The van der Waals surface area contributed by atoms with Crippen molar-refractivity contribution >= 4 is 34.0 Å². The molecule has 0 radical (unpaired) electrons. The number of carbonyl (C=O) groups is 1. The molecule has 7 nitrogen and oxygen atoms in total. The Morgan fingerprint density at radius 2 is 2.00 bits per heavy atom. The first-order valence-corrected chi connectivity index (χ1v) is 11.7. The lowest BCUT2D eigenvalue weighted by atomic mass is 10.1. The Morgan fingerprint density at radius 1 is 1.19 bits per heavy atom. The lowest BCUT2D eigenvalue weighted by Gasteiger charge is -2.13. The Labute approximate surface area is 196 Å². The maximum absolute atomic E-state index is 13.0. The average Bonchev–Trinajstić information content (AvgIpc) is 3.24. The van der Waals surface area contributed by atoms with Crippen molar-refractivity contribution in [3.8, 4) is 0 Å². The second kappa shape index (κ2) is 11.3. The van der Waals surface area contributed by atoms with E-state index in [2.05, 4.69) is 20.9 Å². The largest absolute Gasteiger partial charge is 0.365 e. The number of carbonyl (C=O) groups excluding carboxylic acids is 1. The summed E-state index contributed by atoms with van der Waals surface area (Å²) in [4.78, 5) is 30.1. The zero-order chi connectivity index (χ0) is 23.1. The van der Waals surface area contributed by atoms with Gasteiger partial charge in [-0.2, -0.15) is 0 Å². The molecule has 0 saturated carbocycles. The van der Waals surface area contributed by atoms with Crippen LogP contribution in [0, 0.1) is 6.92 Å². The molecule has 1 aromatic carbocycles. The van der Waals surface area contributed by atoms with E-state index in [-0.39, 0.29) is 17.9 Å². The standard InChI is InChI=1S/C23H28ClN5O2S/c1-15-6-8-29(9-7-19-14-32-23(26-3)28-19)22(31)20(15)11-21(30)27-13-17-10-18(24)5-4-16(17)12-25-2/h4-6,8,10,14,25H,7,9,11-13H2,1-3H3,(H,26,28)(H,27,30). The summed E-state index contributed by atoms with van der Waals surface area (Å²) in [6, 6.07) is 7.52. The molecule has 0 spiro atoms. The second-order valence-electron chi connectivity index (χ2n) is 7.52. The highest BCUT2D eigenvalue weighted by Crippen LogP contribution is 2.17. The third-order valence-corrected chi connectivity index (χ3v) is 6.37. The minimum absolute atomic E-state index is 0.0358. The molecule has 0 fully saturated rings. The summed E-state index contributed by atoms with van der Waals surface area (Å²) in [5, 5.41) is 12.5. The molecule has 32 heavy (non-hydrogen) atoms. The Kier molecular flexibility index (Phi) is 8.44. The fourth-order valence-corrected chi connectivity index (χ4v) is 4.31. The summed E-state index contributed by atoms with van der Waals surface area (Å²) in [7, 11) is 3.70. The topological polar surface area (TPSA) is 88.0 Å². The van der Waals surface area contributed by atoms with E-state index in [1.54, 1.807) is 10.8 Å². The third-order valence-electron chi connectivity index (χ3n) is 5.22. The summed E-state index contributed by atoms with van der Waals surface area (Å²) in [6.45, 7) is 3.40. The molecular weight excluding hydrogens is 446 g/mol. The van der Waals surface area contributed by atoms with Gasteiger partial charge in [0.2, 0.25) is 5.91 Å². The highest BCUT2D eigenvalue weighted by atomic mass is 35.5. The molecule has 3 aromatic rings. The second-order valence-corrected chi connectivity index (χ2v) is 8.81. The maximum Gasteiger partial charge on any atom is 0.254 e. The monoisotopic (exact) mass is 473 g/mol. The molecule has 3 rings (SSSR count). The number of aryl methyl sites for hydroxylation is 3. The van der Waals surface area contributed by atoms with Crippen molar-refractivity contribution in [3.63, 3.8) is 0 Å². The minimum atomic E-state index is -0.198. The van der Waals surface area contributed by atoms with Gasteiger partial charge in [-0.15, -0.1) is 11.3 Å². The van der Waals surface area contributed by atoms with Gasteiger partial charge in [-0.05, 0) is 48.9 Å². The van der Waals surface area contributed by atoms with Crippen molar-refractivity contribution in [2.24, 2.45) is 0 Å². The quantitative estimate of drug-likeness (QED) is 0.421. The summed E-state index contributed by atoms with van der Waals surface area (Å²) in [5.41, 5.74) is 4.14. The van der Waals surface area contributed by atoms with Crippen molar-refractivity contribution < 1.29 is 4.79 Å². The molecule has 0 aliphatic rings. The number of nitrogens with zero attached hydrogens (tertiary/aromatic N) is 2. The van der Waals surface area contributed by atoms with Crippen LogP contribution in [-0.2, 0) is 37.3 Å². The molecule has 1 amide bonds. The number of rotatable bonds is 10. The van der Waals surface area contributed by atoms with E-state index in [0.29, 0.717) is 36.6 Å². The Balaban J connectivity index is 1.66. The summed E-state index contributed by atoms with van der Waals surface area (Å²) < 4.78 is 1.65. The third kappa shape index (κ3) is 6.18. The van der Waals surface area contributed by atoms with E-state index in [4.69, 9.17) is 11.6 Å². The zero-order valence-corrected chi connectivity index (χ0v) is 20.1. The van der Waals surface area contributed by atoms with Crippen molar-refractivity contribution in [3.05, 3.63) is 79.2 Å². The van der Waals surface area contributed by atoms with Gasteiger partial charge < -0.3 is 20.5 Å². The molecule has 170 valence electrons. The van der Waals surface area contributed by atoms with Crippen LogP contribution in [0.1, 0.15) is 27.9 Å². The number of amides is 1. The zero-order valence-electron chi connectivity index (χ0n) is 18.5. The number of benzene rings is 1. The highest BCUT2D eigenvalue weighted by molar-refractivity contribution is 7.13. The maximum atomic E-state index is 13.0. The number of halogens is 1. The molecule has 0 bridgehead atoms. The average molecular weight is 474 g/mol. The molecule has 2 heterocycles. The fraction of sp³-hybridized carbons (Fsp3) is 0.348. The van der Waals surface area contributed by atoms with Gasteiger partial charge >= 0.3 is 0 Å². The van der Waals surface area contributed by atoms with Gasteiger partial charge in [-0.3, -0.25) is 9.59 Å². The van der Waals surface area contributed by atoms with E-state index >= 15 is 0 Å². The van der Waals surface area contributed by atoms with E-state index in [1.807, 2.05) is 50.7 Å². The van der Waals surface area contributed by atoms with E-state index < -0.39 is 0 Å². The Bertz CT molecular complexity index is 1140. The smallest absolute Gasteiger partial charge is 0.254 e. The predicted octanol–water partition coefficient (Wildman–Crippen LogP) is 3.13. The van der Waals surface area contributed by atoms with Gasteiger partial charge in [-0.1, -0.05) is 17.7 Å². The van der Waals surface area contributed by atoms with Crippen molar-refractivity contribution in [2.45, 2.75) is 39.4 Å².